The molecule has 19 nitrogen and oxygen atoms in total. The molecule has 0 spiro atoms. The number of aromatic amines is 1. The highest BCUT2D eigenvalue weighted by Crippen LogP contribution is 2.62. The lowest BCUT2D eigenvalue weighted by Crippen LogP contribution is -2.59. The second-order valence-corrected chi connectivity index (χ2v) is 10.8. The molecule has 2 saturated heterocycles. The summed E-state index contributed by atoms with van der Waals surface area (Å²) in [5, 5.41) is 50.2. The number of H-pyrrole nitrogens is 1. The van der Waals surface area contributed by atoms with E-state index in [1.54, 1.807) is 0 Å². The molecule has 6 unspecified atom stereocenters. The van der Waals surface area contributed by atoms with Crippen molar-refractivity contribution in [3.8, 4) is 12.3 Å². The Kier molecular flexibility index (Phi) is 9.82. The molecule has 0 saturated carbocycles. The number of nitrogens with zero attached hydrogens (tertiary/aromatic N) is 1. The normalized spacial score (nSPS) is 36.7. The van der Waals surface area contributed by atoms with Gasteiger partial charge in [-0.1, -0.05) is 5.92 Å². The summed E-state index contributed by atoms with van der Waals surface area (Å²) in [5.41, 5.74) is -1.87. The van der Waals surface area contributed by atoms with Crippen molar-refractivity contribution in [3.05, 3.63) is 33.1 Å². The topological polar surface area (TPSA) is 286 Å². The van der Waals surface area contributed by atoms with Crippen LogP contribution in [0.2, 0.25) is 0 Å². The quantitative estimate of drug-likeness (QED) is 0.0728. The predicted octanol–water partition coefficient (Wildman–Crippen LogP) is -4.18. The summed E-state index contributed by atoms with van der Waals surface area (Å²) in [5.74, 6) is 2.12. The van der Waals surface area contributed by atoms with Crippen molar-refractivity contribution in [1.82, 2.24) is 9.55 Å². The molecule has 8 N–H and O–H groups in total. The maximum absolute atomic E-state index is 12.4. The van der Waals surface area contributed by atoms with Gasteiger partial charge in [-0.3, -0.25) is 23.4 Å². The number of aromatic nitrogens is 2. The molecule has 1 aromatic heterocycles. The molecule has 21 heteroatoms. The van der Waals surface area contributed by atoms with Crippen LogP contribution in [-0.2, 0) is 36.7 Å². The first kappa shape index (κ1) is 30.7. The molecule has 214 valence electrons. The van der Waals surface area contributed by atoms with Gasteiger partial charge < -0.3 is 49.5 Å². The van der Waals surface area contributed by atoms with E-state index in [0.717, 1.165) is 12.3 Å². The third-order valence-electron chi connectivity index (χ3n) is 5.14. The van der Waals surface area contributed by atoms with E-state index in [0.29, 0.717) is 4.57 Å². The highest BCUT2D eigenvalue weighted by atomic mass is 31.3. The number of hydrogen-bond donors (Lipinski definition) is 8. The average Bonchev–Trinajstić information content (AvgIpc) is 3.07. The van der Waals surface area contributed by atoms with Crippen LogP contribution in [0.3, 0.4) is 0 Å². The van der Waals surface area contributed by atoms with E-state index in [2.05, 4.69) is 19.3 Å². The fourth-order valence-corrected chi connectivity index (χ4v) is 5.60. The first-order valence-electron chi connectivity index (χ1n) is 10.4. The van der Waals surface area contributed by atoms with Gasteiger partial charge in [-0.25, -0.2) is 13.9 Å². The molecular weight excluding hydrogens is 566 g/mol. The number of hydrogen-bond acceptors (Lipinski definition) is 15. The Morgan fingerprint density at radius 2 is 1.53 bits per heavy atom. The lowest BCUT2D eigenvalue weighted by molar-refractivity contribution is -0.282. The van der Waals surface area contributed by atoms with Crippen molar-refractivity contribution in [3.63, 3.8) is 0 Å². The average molecular weight is 590 g/mol. The van der Waals surface area contributed by atoms with E-state index in [9.17, 15) is 54.0 Å². The van der Waals surface area contributed by atoms with Crippen LogP contribution < -0.4 is 11.2 Å². The van der Waals surface area contributed by atoms with Crippen molar-refractivity contribution < 1.29 is 72.0 Å². The Balaban J connectivity index is 1.66. The van der Waals surface area contributed by atoms with E-state index in [1.807, 2.05) is 4.98 Å². The number of ether oxygens (including phenoxy) is 3. The van der Waals surface area contributed by atoms with Gasteiger partial charge in [0.15, 0.2) is 18.8 Å². The molecule has 0 bridgehead atoms. The first-order valence-corrected chi connectivity index (χ1v) is 13.4. The minimum atomic E-state index is -5.69. The van der Waals surface area contributed by atoms with Gasteiger partial charge in [0.2, 0.25) is 0 Å². The van der Waals surface area contributed by atoms with E-state index in [1.165, 1.54) is 0 Å². The number of nitrogens with one attached hydrogen (secondary N) is 1. The Morgan fingerprint density at radius 3 is 2.11 bits per heavy atom. The van der Waals surface area contributed by atoms with Gasteiger partial charge in [-0.2, -0.15) is 4.31 Å². The zero-order valence-electron chi connectivity index (χ0n) is 18.9. The largest absolute Gasteiger partial charge is 0.483 e. The van der Waals surface area contributed by atoms with E-state index >= 15 is 0 Å². The van der Waals surface area contributed by atoms with Crippen LogP contribution in [0.5, 0.6) is 0 Å². The summed E-state index contributed by atoms with van der Waals surface area (Å²) < 4.78 is 53.5. The summed E-state index contributed by atoms with van der Waals surface area (Å²) in [6.45, 7) is -0.684. The van der Waals surface area contributed by atoms with Gasteiger partial charge in [0, 0.05) is 12.3 Å². The van der Waals surface area contributed by atoms with Crippen LogP contribution in [0.1, 0.15) is 6.23 Å². The maximum atomic E-state index is 12.4. The SMILES string of the molecule is C#CCOCC1OC(OP(=O)(O)OP(=O)(O)O[C@H]2O[C@@H](n3ccc(=O)[nH]c3=O)C(O)[C@H]2O)C(O)[C@@H](O)[C@H]1O. The first-order chi connectivity index (χ1) is 17.7. The molecule has 2 fully saturated rings. The fraction of sp³-hybridized carbons (Fsp3) is 0.647. The van der Waals surface area contributed by atoms with E-state index in [-0.39, 0.29) is 6.61 Å². The number of rotatable bonds is 10. The molecule has 1 aromatic rings. The number of terminal acetylenes is 1. The Hall–Kier alpha value is -1.82. The smallest absolute Gasteiger partial charge is 0.387 e. The maximum Gasteiger partial charge on any atom is 0.483 e. The third-order valence-corrected chi connectivity index (χ3v) is 7.74. The summed E-state index contributed by atoms with van der Waals surface area (Å²) in [6.07, 6.45) is -11.6. The molecule has 3 heterocycles. The summed E-state index contributed by atoms with van der Waals surface area (Å²) >= 11 is 0. The number of aliphatic hydroxyl groups is 5. The Bertz CT molecular complexity index is 1230. The third kappa shape index (κ3) is 7.22. The van der Waals surface area contributed by atoms with Gasteiger partial charge in [0.1, 0.15) is 43.2 Å². The summed E-state index contributed by atoms with van der Waals surface area (Å²) in [7, 11) is -11.4. The number of phosphoric acid groups is 2. The molecule has 2 aliphatic rings. The molecule has 38 heavy (non-hydrogen) atoms. The van der Waals surface area contributed by atoms with Crippen molar-refractivity contribution in [1.29, 1.82) is 0 Å². The molecular formula is C17H24N2O17P2. The molecule has 0 radical (unpaired) electrons. The van der Waals surface area contributed by atoms with E-state index in [4.69, 9.17) is 20.6 Å². The lowest BCUT2D eigenvalue weighted by atomic mass is 9.99. The van der Waals surface area contributed by atoms with E-state index < -0.39 is 88.9 Å². The van der Waals surface area contributed by atoms with Crippen molar-refractivity contribution in [2.45, 2.75) is 55.4 Å². The van der Waals surface area contributed by atoms with Crippen LogP contribution in [-0.4, -0.2) is 107 Å². The second kappa shape index (κ2) is 12.1. The predicted molar refractivity (Wildman–Crippen MR) is 116 cm³/mol. The fourth-order valence-electron chi connectivity index (χ4n) is 3.38. The van der Waals surface area contributed by atoms with Crippen LogP contribution in [0.25, 0.3) is 0 Å². The van der Waals surface area contributed by atoms with Crippen LogP contribution >= 0.6 is 15.6 Å². The number of aliphatic hydroxyl groups excluding tert-OH is 5. The van der Waals surface area contributed by atoms with Crippen LogP contribution in [0.15, 0.2) is 21.9 Å². The zero-order valence-corrected chi connectivity index (χ0v) is 20.7. The van der Waals surface area contributed by atoms with Crippen molar-refractivity contribution in [2.24, 2.45) is 0 Å². The molecule has 11 atom stereocenters. The van der Waals surface area contributed by atoms with Gasteiger partial charge in [0.05, 0.1) is 6.61 Å². The molecule has 0 aromatic carbocycles. The highest BCUT2D eigenvalue weighted by molar-refractivity contribution is 7.61. The summed E-state index contributed by atoms with van der Waals surface area (Å²) in [6, 6.07) is 0.876. The minimum Gasteiger partial charge on any atom is -0.387 e. The second-order valence-electron chi connectivity index (χ2n) is 7.86. The van der Waals surface area contributed by atoms with Gasteiger partial charge in [-0.15, -0.1) is 6.42 Å². The number of phosphoric ester groups is 2. The molecule has 2 aliphatic heterocycles. The lowest BCUT2D eigenvalue weighted by Gasteiger charge is -2.40. The molecule has 0 amide bonds. The summed E-state index contributed by atoms with van der Waals surface area (Å²) in [4.78, 5) is 44.8. The zero-order chi connectivity index (χ0) is 28.4. The monoisotopic (exact) mass is 590 g/mol. The van der Waals surface area contributed by atoms with Gasteiger partial charge in [-0.05, 0) is 0 Å². The van der Waals surface area contributed by atoms with Crippen molar-refractivity contribution >= 4 is 15.6 Å². The molecule has 3 rings (SSSR count). The van der Waals surface area contributed by atoms with Gasteiger partial charge >= 0.3 is 21.3 Å². The van der Waals surface area contributed by atoms with Crippen molar-refractivity contribution in [2.75, 3.05) is 13.2 Å². The minimum absolute atomic E-state index is 0.231. The standard InChI is InChI=1S/C17H24N2O17P2/c1-2-5-31-6-7-9(21)10(22)12(24)15(32-7)34-37(27,28)36-38(29,30)35-16-13(25)11(23)14(33-16)19-4-3-8(20)18-17(19)26/h1,3-4,7,9-16,21-25H,5-6H2,(H,27,28)(H,29,30)(H,18,20,26)/t7?,9-,10-,11?,12?,13+,14+,15?,16+/m0/s1. The Labute approximate surface area is 211 Å². The molecule has 0 aliphatic carbocycles. The Morgan fingerprint density at radius 1 is 0.947 bits per heavy atom. The highest BCUT2D eigenvalue weighted by Gasteiger charge is 2.51. The van der Waals surface area contributed by atoms with Gasteiger partial charge in [0.25, 0.3) is 5.56 Å². The van der Waals surface area contributed by atoms with Crippen LogP contribution in [0.4, 0.5) is 0 Å². The van der Waals surface area contributed by atoms with Crippen LogP contribution in [0, 0.1) is 12.3 Å².